The standard InChI is InChI=1S/C43H26N4S/c1-3-13-27(14-4-1)41-44-42(28-15-5-2-6-16-28)46-43(45-41)47-37-21-11-9-18-31(37)32-24-23-29(25-38(32)47)35-26-36-33-19-10-12-22-39(33)48-40(36)34-20-8-7-17-30(34)35/h1-26H. The van der Waals surface area contributed by atoms with Crippen molar-refractivity contribution in [2.75, 3.05) is 0 Å². The van der Waals surface area contributed by atoms with Gasteiger partial charge in [-0.1, -0.05) is 133 Å². The van der Waals surface area contributed by atoms with Gasteiger partial charge in [0, 0.05) is 47.5 Å². The van der Waals surface area contributed by atoms with Crippen molar-refractivity contribution in [3.63, 3.8) is 0 Å². The fourth-order valence-electron chi connectivity index (χ4n) is 7.04. The Morgan fingerprint density at radius 3 is 1.71 bits per heavy atom. The van der Waals surface area contributed by atoms with E-state index in [0.717, 1.165) is 38.5 Å². The van der Waals surface area contributed by atoms with E-state index in [9.17, 15) is 0 Å². The van der Waals surface area contributed by atoms with Gasteiger partial charge in [-0.25, -0.2) is 4.98 Å². The summed E-state index contributed by atoms with van der Waals surface area (Å²) in [6.07, 6.45) is 0. The van der Waals surface area contributed by atoms with Crippen LogP contribution in [0.15, 0.2) is 158 Å². The average molecular weight is 631 g/mol. The predicted octanol–water partition coefficient (Wildman–Crippen LogP) is 11.5. The lowest BCUT2D eigenvalue weighted by atomic mass is 9.95. The Bertz CT molecular complexity index is 2780. The molecule has 0 atom stereocenters. The first-order valence-corrected chi connectivity index (χ1v) is 16.9. The van der Waals surface area contributed by atoms with Gasteiger partial charge in [0.2, 0.25) is 5.95 Å². The molecule has 48 heavy (non-hydrogen) atoms. The lowest BCUT2D eigenvalue weighted by Gasteiger charge is -2.12. The molecule has 10 aromatic rings. The molecule has 10 rings (SSSR count). The molecule has 0 spiro atoms. The molecule has 224 valence electrons. The molecule has 0 bridgehead atoms. The number of hydrogen-bond donors (Lipinski definition) is 0. The van der Waals surface area contributed by atoms with Crippen LogP contribution in [0.1, 0.15) is 0 Å². The molecule has 0 unspecified atom stereocenters. The summed E-state index contributed by atoms with van der Waals surface area (Å²) in [5.74, 6) is 1.87. The Kier molecular flexibility index (Phi) is 6.01. The van der Waals surface area contributed by atoms with Crippen LogP contribution >= 0.6 is 11.3 Å². The molecule has 0 aliphatic carbocycles. The van der Waals surface area contributed by atoms with E-state index in [1.165, 1.54) is 36.5 Å². The number of rotatable bonds is 4. The first-order chi connectivity index (χ1) is 23.8. The molecule has 0 saturated heterocycles. The number of aromatic nitrogens is 4. The maximum Gasteiger partial charge on any atom is 0.238 e. The van der Waals surface area contributed by atoms with Crippen molar-refractivity contribution >= 4 is 64.1 Å². The molecule has 0 fully saturated rings. The summed E-state index contributed by atoms with van der Waals surface area (Å²) in [4.78, 5) is 15.2. The normalized spacial score (nSPS) is 11.8. The van der Waals surface area contributed by atoms with Crippen molar-refractivity contribution in [3.05, 3.63) is 158 Å². The lowest BCUT2D eigenvalue weighted by molar-refractivity contribution is 0.953. The summed E-state index contributed by atoms with van der Waals surface area (Å²) in [6, 6.07) is 55.5. The molecular weight excluding hydrogens is 605 g/mol. The number of benzene rings is 7. The predicted molar refractivity (Wildman–Crippen MR) is 201 cm³/mol. The van der Waals surface area contributed by atoms with Gasteiger partial charge in [-0.05, 0) is 40.8 Å². The number of para-hydroxylation sites is 1. The second-order valence-electron chi connectivity index (χ2n) is 12.0. The Labute approximate surface area is 280 Å². The van der Waals surface area contributed by atoms with Gasteiger partial charge in [0.05, 0.1) is 11.0 Å². The maximum atomic E-state index is 5.13. The third-order valence-electron chi connectivity index (χ3n) is 9.26. The zero-order valence-electron chi connectivity index (χ0n) is 25.7. The minimum Gasteiger partial charge on any atom is -0.278 e. The van der Waals surface area contributed by atoms with Crippen LogP contribution in [0, 0.1) is 0 Å². The molecule has 0 aliphatic rings. The fraction of sp³-hybridized carbons (Fsp3) is 0. The van der Waals surface area contributed by atoms with Crippen molar-refractivity contribution in [1.29, 1.82) is 0 Å². The largest absolute Gasteiger partial charge is 0.278 e. The fourth-order valence-corrected chi connectivity index (χ4v) is 8.26. The van der Waals surface area contributed by atoms with Gasteiger partial charge in [0.25, 0.3) is 0 Å². The zero-order chi connectivity index (χ0) is 31.6. The van der Waals surface area contributed by atoms with E-state index >= 15 is 0 Å². The second-order valence-corrected chi connectivity index (χ2v) is 13.1. The van der Waals surface area contributed by atoms with Crippen LogP contribution in [-0.2, 0) is 0 Å². The summed E-state index contributed by atoms with van der Waals surface area (Å²) in [5, 5.41) is 7.43. The van der Waals surface area contributed by atoms with Crippen LogP contribution in [0.4, 0.5) is 0 Å². The van der Waals surface area contributed by atoms with E-state index in [-0.39, 0.29) is 0 Å². The van der Waals surface area contributed by atoms with E-state index in [1.54, 1.807) is 0 Å². The SMILES string of the molecule is c1ccc(-c2nc(-c3ccccc3)nc(-n3c4ccccc4c4ccc(-c5cc6c7ccccc7sc6c6ccccc56)cc43)n2)cc1. The van der Waals surface area contributed by atoms with Crippen LogP contribution in [0.3, 0.4) is 0 Å². The van der Waals surface area contributed by atoms with Crippen LogP contribution in [0.5, 0.6) is 0 Å². The summed E-state index contributed by atoms with van der Waals surface area (Å²) in [7, 11) is 0. The molecule has 3 aromatic heterocycles. The van der Waals surface area contributed by atoms with Crippen molar-refractivity contribution < 1.29 is 0 Å². The molecule has 0 saturated carbocycles. The first kappa shape index (κ1) is 27.0. The van der Waals surface area contributed by atoms with Gasteiger partial charge < -0.3 is 0 Å². The highest BCUT2D eigenvalue weighted by Gasteiger charge is 2.19. The Hall–Kier alpha value is -6.17. The second kappa shape index (κ2) is 10.7. The monoisotopic (exact) mass is 630 g/mol. The van der Waals surface area contributed by atoms with E-state index in [2.05, 4.69) is 102 Å². The lowest BCUT2D eigenvalue weighted by Crippen LogP contribution is -2.06. The molecule has 7 aromatic carbocycles. The molecule has 5 heteroatoms. The van der Waals surface area contributed by atoms with Gasteiger partial charge in [-0.15, -0.1) is 11.3 Å². The van der Waals surface area contributed by atoms with Crippen LogP contribution in [0.25, 0.3) is 92.6 Å². The Morgan fingerprint density at radius 1 is 0.396 bits per heavy atom. The highest BCUT2D eigenvalue weighted by molar-refractivity contribution is 7.26. The van der Waals surface area contributed by atoms with Crippen LogP contribution < -0.4 is 0 Å². The van der Waals surface area contributed by atoms with E-state index < -0.39 is 0 Å². The van der Waals surface area contributed by atoms with Crippen molar-refractivity contribution in [2.24, 2.45) is 0 Å². The zero-order valence-corrected chi connectivity index (χ0v) is 26.5. The Morgan fingerprint density at radius 2 is 0.979 bits per heavy atom. The topological polar surface area (TPSA) is 43.6 Å². The van der Waals surface area contributed by atoms with Gasteiger partial charge in [0.15, 0.2) is 11.6 Å². The molecule has 0 radical (unpaired) electrons. The van der Waals surface area contributed by atoms with Crippen LogP contribution in [-0.4, -0.2) is 19.5 Å². The van der Waals surface area contributed by atoms with E-state index in [4.69, 9.17) is 15.0 Å². The van der Waals surface area contributed by atoms with Crippen molar-refractivity contribution in [2.45, 2.75) is 0 Å². The summed E-state index contributed by atoms with van der Waals surface area (Å²) < 4.78 is 4.84. The highest BCUT2D eigenvalue weighted by Crippen LogP contribution is 2.43. The molecule has 3 heterocycles. The third kappa shape index (κ3) is 4.18. The van der Waals surface area contributed by atoms with Gasteiger partial charge in [-0.3, -0.25) is 4.57 Å². The van der Waals surface area contributed by atoms with Gasteiger partial charge in [0.1, 0.15) is 0 Å². The molecule has 0 amide bonds. The first-order valence-electron chi connectivity index (χ1n) is 16.0. The van der Waals surface area contributed by atoms with Crippen molar-refractivity contribution in [1.82, 2.24) is 19.5 Å². The minimum absolute atomic E-state index is 0.593. The Balaban J connectivity index is 1.27. The maximum absolute atomic E-state index is 5.13. The van der Waals surface area contributed by atoms with Gasteiger partial charge in [-0.2, -0.15) is 9.97 Å². The van der Waals surface area contributed by atoms with E-state index in [0.29, 0.717) is 17.6 Å². The minimum atomic E-state index is 0.593. The number of fused-ring (bicyclic) bond motifs is 8. The third-order valence-corrected chi connectivity index (χ3v) is 10.5. The quantitative estimate of drug-likeness (QED) is 0.194. The molecule has 0 aliphatic heterocycles. The highest BCUT2D eigenvalue weighted by atomic mass is 32.1. The number of hydrogen-bond acceptors (Lipinski definition) is 4. The average Bonchev–Trinajstić information content (AvgIpc) is 3.71. The molecular formula is C43H26N4S. The van der Waals surface area contributed by atoms with Crippen molar-refractivity contribution in [3.8, 4) is 39.9 Å². The summed E-state index contributed by atoms with van der Waals surface area (Å²) in [5.41, 5.74) is 6.37. The molecule has 4 nitrogen and oxygen atoms in total. The molecule has 0 N–H and O–H groups in total. The number of nitrogens with zero attached hydrogens (tertiary/aromatic N) is 4. The summed E-state index contributed by atoms with van der Waals surface area (Å²) >= 11 is 1.87. The summed E-state index contributed by atoms with van der Waals surface area (Å²) in [6.45, 7) is 0. The smallest absolute Gasteiger partial charge is 0.238 e. The van der Waals surface area contributed by atoms with Gasteiger partial charge >= 0.3 is 0 Å². The van der Waals surface area contributed by atoms with E-state index in [1.807, 2.05) is 72.0 Å². The van der Waals surface area contributed by atoms with Crippen LogP contribution in [0.2, 0.25) is 0 Å². The number of thiophene rings is 1.